The zero-order valence-corrected chi connectivity index (χ0v) is 36.0. The van der Waals surface area contributed by atoms with Crippen LogP contribution in [0.2, 0.25) is 0 Å². The van der Waals surface area contributed by atoms with Crippen molar-refractivity contribution in [2.75, 3.05) is 0 Å². The minimum atomic E-state index is -5.25. The molecule has 6 heteroatoms. The summed E-state index contributed by atoms with van der Waals surface area (Å²) in [5.74, 6) is 7.40. The van der Waals surface area contributed by atoms with E-state index < -0.39 is 29.6 Å². The molecule has 13 unspecified atom stereocenters. The Bertz CT molecular complexity index is 914. The molecule has 0 saturated heterocycles. The number of alkyl halides is 6. The second-order valence-electron chi connectivity index (χ2n) is 20.4. The van der Waals surface area contributed by atoms with Crippen molar-refractivity contribution in [3.63, 3.8) is 0 Å². The van der Waals surface area contributed by atoms with Crippen molar-refractivity contribution in [2.24, 2.45) is 94.2 Å². The molecule has 5 fully saturated rings. The first kappa shape index (κ1) is 47.7. The van der Waals surface area contributed by atoms with E-state index in [0.717, 1.165) is 59.2 Å². The molecule has 0 nitrogen and oxygen atoms in total. The molecule has 5 aliphatic carbocycles. The van der Waals surface area contributed by atoms with Crippen LogP contribution in [0.4, 0.5) is 26.3 Å². The van der Waals surface area contributed by atoms with Gasteiger partial charge in [0.1, 0.15) is 0 Å². The molecule has 0 aliphatic heterocycles. The van der Waals surface area contributed by atoms with Crippen molar-refractivity contribution in [1.82, 2.24) is 0 Å². The summed E-state index contributed by atoms with van der Waals surface area (Å²) < 4.78 is 84.2. The van der Waals surface area contributed by atoms with E-state index in [1.165, 1.54) is 51.4 Å². The Morgan fingerprint density at radius 1 is 0.269 bits per heavy atom. The molecule has 0 bridgehead atoms. The van der Waals surface area contributed by atoms with Gasteiger partial charge >= 0.3 is 12.4 Å². The van der Waals surface area contributed by atoms with Crippen molar-refractivity contribution < 1.29 is 26.3 Å². The van der Waals surface area contributed by atoms with Crippen LogP contribution in [-0.2, 0) is 0 Å². The number of hydrogen-bond acceptors (Lipinski definition) is 0. The van der Waals surface area contributed by atoms with Crippen LogP contribution in [0.15, 0.2) is 0 Å². The molecule has 5 saturated carbocycles. The van der Waals surface area contributed by atoms with Crippen LogP contribution in [0.3, 0.4) is 0 Å². The van der Waals surface area contributed by atoms with E-state index in [4.69, 9.17) is 0 Å². The SMILES string of the molecule is CC1CC(C)C(C)CC1C.CC1CCC(C(C2CCC(C)C(C)C2)(C(F)(F)F)C(F)(F)F)CC1.CC1CCC(C)C(C)C1.CC1CCC(C)C(C)C1. The third-order valence-electron chi connectivity index (χ3n) is 16.0. The van der Waals surface area contributed by atoms with E-state index in [0.29, 0.717) is 19.3 Å². The van der Waals surface area contributed by atoms with Crippen LogP contribution in [0.1, 0.15) is 186 Å². The molecule has 0 aromatic heterocycles. The second-order valence-corrected chi connectivity index (χ2v) is 20.4. The largest absolute Gasteiger partial charge is 0.403 e. The third-order valence-corrected chi connectivity index (χ3v) is 16.0. The molecule has 0 radical (unpaired) electrons. The number of hydrogen-bond donors (Lipinski definition) is 0. The lowest BCUT2D eigenvalue weighted by Crippen LogP contribution is -2.61. The Hall–Kier alpha value is -0.420. The Morgan fingerprint density at radius 2 is 0.538 bits per heavy atom. The minimum Gasteiger partial charge on any atom is -0.170 e. The van der Waals surface area contributed by atoms with Gasteiger partial charge in [-0.15, -0.1) is 0 Å². The summed E-state index contributed by atoms with van der Waals surface area (Å²) >= 11 is 0. The average Bonchev–Trinajstić information content (AvgIpc) is 3.03. The van der Waals surface area contributed by atoms with E-state index in [-0.39, 0.29) is 43.4 Å². The lowest BCUT2D eigenvalue weighted by atomic mass is 9.55. The zero-order valence-electron chi connectivity index (χ0n) is 36.0. The van der Waals surface area contributed by atoms with Crippen LogP contribution in [0, 0.1) is 94.2 Å². The van der Waals surface area contributed by atoms with Gasteiger partial charge in [0, 0.05) is 0 Å². The van der Waals surface area contributed by atoms with Gasteiger partial charge in [-0.05, 0) is 140 Å². The van der Waals surface area contributed by atoms with Gasteiger partial charge in [0.2, 0.25) is 0 Å². The molecule has 0 spiro atoms. The second kappa shape index (κ2) is 20.7. The quantitative estimate of drug-likeness (QED) is 0.247. The average molecular weight is 751 g/mol. The number of rotatable bonds is 2. The van der Waals surface area contributed by atoms with E-state index in [2.05, 4.69) is 69.2 Å². The van der Waals surface area contributed by atoms with Gasteiger partial charge in [-0.2, -0.15) is 26.3 Å². The topological polar surface area (TPSA) is 0 Å². The summed E-state index contributed by atoms with van der Waals surface area (Å²) in [6.07, 6.45) is 2.62. The monoisotopic (exact) mass is 751 g/mol. The van der Waals surface area contributed by atoms with Gasteiger partial charge in [-0.1, -0.05) is 135 Å². The van der Waals surface area contributed by atoms with E-state index in [1.807, 2.05) is 13.8 Å². The maximum absolute atomic E-state index is 14.0. The summed E-state index contributed by atoms with van der Waals surface area (Å²) in [6.45, 7) is 29.5. The first-order valence-corrected chi connectivity index (χ1v) is 22.0. The van der Waals surface area contributed by atoms with Crippen LogP contribution in [0.25, 0.3) is 0 Å². The van der Waals surface area contributed by atoms with Gasteiger partial charge in [-0.3, -0.25) is 0 Å². The molecule has 0 N–H and O–H groups in total. The Labute approximate surface area is 318 Å². The van der Waals surface area contributed by atoms with Gasteiger partial charge in [0.05, 0.1) is 0 Å². The molecular formula is C46H84F6. The summed E-state index contributed by atoms with van der Waals surface area (Å²) in [5, 5.41) is 0. The molecule has 5 rings (SSSR count). The molecular weight excluding hydrogens is 666 g/mol. The van der Waals surface area contributed by atoms with Gasteiger partial charge < -0.3 is 0 Å². The van der Waals surface area contributed by atoms with Gasteiger partial charge in [0.25, 0.3) is 0 Å². The van der Waals surface area contributed by atoms with Crippen molar-refractivity contribution in [3.8, 4) is 0 Å². The van der Waals surface area contributed by atoms with Crippen LogP contribution in [-0.4, -0.2) is 12.4 Å². The van der Waals surface area contributed by atoms with Crippen LogP contribution < -0.4 is 0 Å². The minimum absolute atomic E-state index is 0.0201. The highest BCUT2D eigenvalue weighted by Gasteiger charge is 2.76. The molecule has 52 heavy (non-hydrogen) atoms. The zero-order chi connectivity index (χ0) is 39.8. The van der Waals surface area contributed by atoms with Crippen molar-refractivity contribution >= 4 is 0 Å². The summed E-state index contributed by atoms with van der Waals surface area (Å²) in [7, 11) is 0. The van der Waals surface area contributed by atoms with Crippen LogP contribution >= 0.6 is 0 Å². The fourth-order valence-electron chi connectivity index (χ4n) is 10.8. The maximum Gasteiger partial charge on any atom is 0.403 e. The molecule has 0 heterocycles. The lowest BCUT2D eigenvalue weighted by Gasteiger charge is -2.52. The van der Waals surface area contributed by atoms with Gasteiger partial charge in [-0.25, -0.2) is 0 Å². The molecule has 0 aromatic rings. The Kier molecular flexibility index (Phi) is 19.0. The molecule has 13 atom stereocenters. The fraction of sp³-hybridized carbons (Fsp3) is 1.00. The van der Waals surface area contributed by atoms with Crippen molar-refractivity contribution in [3.05, 3.63) is 0 Å². The Morgan fingerprint density at radius 3 is 0.827 bits per heavy atom. The summed E-state index contributed by atoms with van der Waals surface area (Å²) in [6, 6.07) is 0. The standard InChI is InChI=1S/C18H28F6.C10H20.2C9H18/c1-11-4-7-14(8-5-11)16(17(19,20)21,18(22,23)24)15-9-6-12(2)13(3)10-15;1-7-5-9(3)10(4)6-8(7)2;2*1-7-4-5-8(2)9(3)6-7/h11-15H,4-10H2,1-3H3;7-10H,5-6H2,1-4H3;2*7-9H,4-6H2,1-3H3. The van der Waals surface area contributed by atoms with E-state index >= 15 is 0 Å². The molecule has 310 valence electrons. The molecule has 0 amide bonds. The van der Waals surface area contributed by atoms with E-state index in [1.54, 1.807) is 6.92 Å². The first-order valence-electron chi connectivity index (χ1n) is 22.0. The fourth-order valence-corrected chi connectivity index (χ4v) is 10.8. The van der Waals surface area contributed by atoms with Crippen LogP contribution in [0.5, 0.6) is 0 Å². The summed E-state index contributed by atoms with van der Waals surface area (Å²) in [5.41, 5.74) is -3.53. The normalized spacial score (nSPS) is 41.9. The third kappa shape index (κ3) is 13.1. The lowest BCUT2D eigenvalue weighted by molar-refractivity contribution is -0.383. The highest BCUT2D eigenvalue weighted by Crippen LogP contribution is 2.65. The number of halogens is 6. The van der Waals surface area contributed by atoms with Gasteiger partial charge in [0.15, 0.2) is 5.41 Å². The van der Waals surface area contributed by atoms with Crippen molar-refractivity contribution in [2.45, 2.75) is 199 Å². The predicted octanol–water partition coefficient (Wildman–Crippen LogP) is 16.5. The highest BCUT2D eigenvalue weighted by atomic mass is 19.4. The summed E-state index contributed by atoms with van der Waals surface area (Å²) in [4.78, 5) is 0. The highest BCUT2D eigenvalue weighted by molar-refractivity contribution is 5.05. The predicted molar refractivity (Wildman–Crippen MR) is 210 cm³/mol. The maximum atomic E-state index is 14.0. The van der Waals surface area contributed by atoms with Crippen molar-refractivity contribution in [1.29, 1.82) is 0 Å². The first-order chi connectivity index (χ1) is 23.9. The van der Waals surface area contributed by atoms with E-state index in [9.17, 15) is 26.3 Å². The molecule has 0 aromatic carbocycles. The smallest absolute Gasteiger partial charge is 0.170 e. The Balaban J connectivity index is 0.000000274. The molecule has 5 aliphatic rings.